The van der Waals surface area contributed by atoms with Gasteiger partial charge in [-0.3, -0.25) is 9.69 Å². The molecule has 0 saturated carbocycles. The van der Waals surface area contributed by atoms with Gasteiger partial charge in [0.25, 0.3) is 0 Å². The third kappa shape index (κ3) is 5.03. The molecule has 12 heteroatoms. The Kier molecular flexibility index (Phi) is 7.39. The molecule has 3 aliphatic heterocycles. The van der Waals surface area contributed by atoms with E-state index >= 15 is 0 Å². The fourth-order valence-corrected chi connectivity index (χ4v) is 5.57. The maximum absolute atomic E-state index is 14.0. The second-order valence-corrected chi connectivity index (χ2v) is 9.63. The molecule has 3 heterocycles. The van der Waals surface area contributed by atoms with E-state index in [1.165, 1.54) is 0 Å². The Morgan fingerprint density at radius 2 is 1.82 bits per heavy atom. The van der Waals surface area contributed by atoms with E-state index in [1.54, 1.807) is 4.90 Å². The molecule has 2 atom stereocenters. The molecule has 3 saturated heterocycles. The highest BCUT2D eigenvalue weighted by molar-refractivity contribution is 7.81. The van der Waals surface area contributed by atoms with Crippen molar-refractivity contribution in [2.24, 2.45) is 16.9 Å². The number of hydrazone groups is 1. The molecule has 2 unspecified atom stereocenters. The van der Waals surface area contributed by atoms with Gasteiger partial charge in [0.2, 0.25) is 5.91 Å². The fraction of sp³-hybridized carbons (Fsp3) is 0.636. The normalized spacial score (nSPS) is 25.4. The number of carbonyl (C=O) groups excluding carboxylic acids is 1. The molecule has 0 bridgehead atoms. The molecule has 4 rings (SSSR count). The quantitative estimate of drug-likeness (QED) is 0.285. The van der Waals surface area contributed by atoms with Crippen LogP contribution in [0.1, 0.15) is 36.3 Å². The maximum atomic E-state index is 14.0. The van der Waals surface area contributed by atoms with Crippen LogP contribution in [0.2, 0.25) is 0 Å². The minimum Gasteiger partial charge on any atom is -0.378 e. The van der Waals surface area contributed by atoms with Crippen molar-refractivity contribution in [3.05, 3.63) is 34.9 Å². The number of piperidine rings is 2. The Labute approximate surface area is 199 Å². The van der Waals surface area contributed by atoms with Gasteiger partial charge in [-0.2, -0.15) is 30.9 Å². The number of halogens is 5. The van der Waals surface area contributed by atoms with Crippen molar-refractivity contribution in [3.63, 3.8) is 0 Å². The Morgan fingerprint density at radius 1 is 1.15 bits per heavy atom. The molecular formula is C22H27F5N4O2S. The first-order chi connectivity index (χ1) is 16.1. The molecule has 1 aromatic carbocycles. The highest BCUT2D eigenvalue weighted by Crippen LogP contribution is 2.41. The topological polar surface area (TPSA) is 71.2 Å². The number of amides is 1. The summed E-state index contributed by atoms with van der Waals surface area (Å²) in [5.41, 5.74) is -1.14. The zero-order valence-electron chi connectivity index (χ0n) is 18.4. The molecule has 0 radical (unpaired) electrons. The van der Waals surface area contributed by atoms with E-state index in [-0.39, 0.29) is 43.8 Å². The number of thiol groups is 1. The van der Waals surface area contributed by atoms with Gasteiger partial charge in [0, 0.05) is 31.6 Å². The van der Waals surface area contributed by atoms with Gasteiger partial charge in [-0.1, -0.05) is 0 Å². The number of carbonyl (C=O) groups is 1. The zero-order valence-corrected chi connectivity index (χ0v) is 19.3. The number of nitrogens with zero attached hydrogens (tertiary/aromatic N) is 3. The van der Waals surface area contributed by atoms with E-state index in [9.17, 15) is 26.7 Å². The minimum atomic E-state index is -4.94. The van der Waals surface area contributed by atoms with Gasteiger partial charge < -0.3 is 15.5 Å². The summed E-state index contributed by atoms with van der Waals surface area (Å²) in [6.45, 7) is 2.95. The van der Waals surface area contributed by atoms with Gasteiger partial charge in [0.1, 0.15) is 11.6 Å². The van der Waals surface area contributed by atoms with Crippen LogP contribution in [0.5, 0.6) is 0 Å². The Hall–Kier alpha value is -1.92. The lowest BCUT2D eigenvalue weighted by Gasteiger charge is -2.43. The molecular weight excluding hydrogens is 479 g/mol. The fourth-order valence-electron chi connectivity index (χ4n) is 5.08. The average Bonchev–Trinajstić information content (AvgIpc) is 2.75. The lowest BCUT2D eigenvalue weighted by molar-refractivity contribution is -0.141. The Balaban J connectivity index is 1.40. The summed E-state index contributed by atoms with van der Waals surface area (Å²) in [5.74, 6) is 1.74. The second kappa shape index (κ2) is 9.98. The van der Waals surface area contributed by atoms with Gasteiger partial charge >= 0.3 is 6.18 Å². The summed E-state index contributed by atoms with van der Waals surface area (Å²) >= 11 is 4.56. The molecule has 0 spiro atoms. The summed E-state index contributed by atoms with van der Waals surface area (Å²) in [6, 6.07) is 1.32. The smallest absolute Gasteiger partial charge is 0.378 e. The maximum Gasteiger partial charge on any atom is 0.419 e. The van der Waals surface area contributed by atoms with Crippen LogP contribution in [0.15, 0.2) is 17.2 Å². The van der Waals surface area contributed by atoms with Crippen molar-refractivity contribution >= 4 is 24.2 Å². The second-order valence-electron chi connectivity index (χ2n) is 9.07. The van der Waals surface area contributed by atoms with Crippen LogP contribution in [0.3, 0.4) is 0 Å². The number of alkyl halides is 3. The molecule has 2 N–H and O–H groups in total. The first-order valence-corrected chi connectivity index (χ1v) is 11.7. The van der Waals surface area contributed by atoms with E-state index < -0.39 is 40.1 Å². The molecule has 1 amide bonds. The Morgan fingerprint density at radius 3 is 2.38 bits per heavy atom. The molecule has 188 valence electrons. The number of ether oxygens (including phenoxy) is 1. The highest BCUT2D eigenvalue weighted by Gasteiger charge is 2.42. The lowest BCUT2D eigenvalue weighted by Crippen LogP contribution is -2.56. The van der Waals surface area contributed by atoms with Gasteiger partial charge in [0.15, 0.2) is 0 Å². The van der Waals surface area contributed by atoms with Crippen LogP contribution in [0, 0.1) is 17.6 Å². The molecule has 6 nitrogen and oxygen atoms in total. The summed E-state index contributed by atoms with van der Waals surface area (Å²) in [6.07, 6.45) is -3.96. The molecule has 1 aromatic rings. The third-order valence-corrected chi connectivity index (χ3v) is 7.65. The summed E-state index contributed by atoms with van der Waals surface area (Å²) in [4.78, 5) is 16.9. The van der Waals surface area contributed by atoms with Crippen molar-refractivity contribution in [2.75, 3.05) is 39.4 Å². The van der Waals surface area contributed by atoms with Crippen LogP contribution < -0.4 is 5.84 Å². The molecule has 0 aliphatic carbocycles. The molecule has 3 fully saturated rings. The monoisotopic (exact) mass is 506 g/mol. The first kappa shape index (κ1) is 25.2. The van der Waals surface area contributed by atoms with Crippen LogP contribution in [0.4, 0.5) is 22.0 Å². The number of rotatable bonds is 4. The van der Waals surface area contributed by atoms with E-state index in [4.69, 9.17) is 10.6 Å². The highest BCUT2D eigenvalue weighted by atomic mass is 32.1. The van der Waals surface area contributed by atoms with Gasteiger partial charge in [-0.05, 0) is 43.4 Å². The SMILES string of the molecule is N/N=C1\CN(C2COC2)CCC1C(S)C(=O)N1CCC(c2cc(F)cc(F)c2C(F)(F)F)CC1. The van der Waals surface area contributed by atoms with Gasteiger partial charge in [-0.15, -0.1) is 0 Å². The standard InChI is InChI=1S/C22H27F5N4O2S/c23-13-7-16(19(17(24)8-13)22(25,26)27)12-1-4-30(5-2-12)21(32)20(34)15-3-6-31(9-18(15)29-28)14-10-33-11-14/h7-8,12,14-15,20,34H,1-6,9-11,28H2/b29-18+. The number of hydrogen-bond acceptors (Lipinski definition) is 6. The van der Waals surface area contributed by atoms with Gasteiger partial charge in [0.05, 0.1) is 35.8 Å². The number of likely N-dealkylation sites (tertiary alicyclic amines) is 2. The van der Waals surface area contributed by atoms with Crippen molar-refractivity contribution in [2.45, 2.75) is 42.6 Å². The van der Waals surface area contributed by atoms with Crippen LogP contribution >= 0.6 is 12.6 Å². The Bertz CT molecular complexity index is 948. The number of benzene rings is 1. The van der Waals surface area contributed by atoms with Crippen LogP contribution in [-0.4, -0.2) is 72.1 Å². The lowest BCUT2D eigenvalue weighted by atomic mass is 9.85. The largest absolute Gasteiger partial charge is 0.419 e. The zero-order chi connectivity index (χ0) is 24.6. The number of nitrogens with two attached hydrogens (primary N) is 1. The predicted molar refractivity (Wildman–Crippen MR) is 119 cm³/mol. The van der Waals surface area contributed by atoms with Crippen molar-refractivity contribution < 1.29 is 31.5 Å². The summed E-state index contributed by atoms with van der Waals surface area (Å²) < 4.78 is 73.2. The van der Waals surface area contributed by atoms with E-state index in [0.29, 0.717) is 37.9 Å². The first-order valence-electron chi connectivity index (χ1n) is 11.2. The van der Waals surface area contributed by atoms with Crippen molar-refractivity contribution in [1.29, 1.82) is 0 Å². The molecule has 34 heavy (non-hydrogen) atoms. The van der Waals surface area contributed by atoms with E-state index in [0.717, 1.165) is 12.6 Å². The number of hydrogen-bond donors (Lipinski definition) is 2. The molecule has 0 aromatic heterocycles. The molecule has 3 aliphatic rings. The van der Waals surface area contributed by atoms with Gasteiger partial charge in [-0.25, -0.2) is 8.78 Å². The van der Waals surface area contributed by atoms with Crippen LogP contribution in [-0.2, 0) is 15.7 Å². The minimum absolute atomic E-state index is 0.163. The predicted octanol–water partition coefficient (Wildman–Crippen LogP) is 3.02. The average molecular weight is 507 g/mol. The van der Waals surface area contributed by atoms with Crippen molar-refractivity contribution in [3.8, 4) is 0 Å². The van der Waals surface area contributed by atoms with Crippen molar-refractivity contribution in [1.82, 2.24) is 9.80 Å². The van der Waals surface area contributed by atoms with E-state index in [1.807, 2.05) is 0 Å². The van der Waals surface area contributed by atoms with E-state index in [2.05, 4.69) is 22.6 Å². The summed E-state index contributed by atoms with van der Waals surface area (Å²) in [7, 11) is 0. The third-order valence-electron chi connectivity index (χ3n) is 7.07. The van der Waals surface area contributed by atoms with Crippen LogP contribution in [0.25, 0.3) is 0 Å². The summed E-state index contributed by atoms with van der Waals surface area (Å²) in [5, 5.41) is 3.22.